The van der Waals surface area contributed by atoms with E-state index in [1.807, 2.05) is 0 Å². The molecule has 0 fully saturated rings. The Morgan fingerprint density at radius 1 is 1.23 bits per heavy atom. The lowest BCUT2D eigenvalue weighted by atomic mass is 9.90. The second-order valence-corrected chi connectivity index (χ2v) is 3.96. The molecule has 1 nitrogen and oxygen atoms in total. The molecule has 13 heavy (non-hydrogen) atoms. The molecule has 0 unspecified atom stereocenters. The number of nitrogens with zero attached hydrogens (tertiary/aromatic N) is 1. The molecule has 0 aliphatic carbocycles. The number of rotatable bonds is 0. The maximum Gasteiger partial charge on any atom is 0.205 e. The van der Waals surface area contributed by atoms with Crippen LogP contribution in [0.2, 0.25) is 0 Å². The molecule has 0 saturated carbocycles. The van der Waals surface area contributed by atoms with E-state index in [-0.39, 0.29) is 0 Å². The van der Waals surface area contributed by atoms with Crippen LogP contribution in [0.5, 0.6) is 0 Å². The summed E-state index contributed by atoms with van der Waals surface area (Å²) in [5.74, 6) is 0. The van der Waals surface area contributed by atoms with Crippen molar-refractivity contribution in [3.8, 4) is 0 Å². The topological polar surface area (TPSA) is 3.01 Å². The van der Waals surface area contributed by atoms with Crippen LogP contribution in [0.3, 0.4) is 0 Å². The molecular formula is C12H18N+. The van der Waals surface area contributed by atoms with Gasteiger partial charge < -0.3 is 0 Å². The monoisotopic (exact) mass is 176 g/mol. The van der Waals surface area contributed by atoms with Crippen LogP contribution in [-0.4, -0.2) is 23.4 Å². The zero-order valence-corrected chi connectivity index (χ0v) is 8.47. The van der Waals surface area contributed by atoms with Crippen LogP contribution in [0.4, 0.5) is 0 Å². The highest BCUT2D eigenvalue weighted by Crippen LogP contribution is 2.23. The Labute approximate surface area is 80.5 Å². The molecule has 1 heteroatoms. The molecule has 2 aliphatic heterocycles. The number of allylic oxidation sites excluding steroid dienone is 3. The molecule has 0 spiro atoms. The van der Waals surface area contributed by atoms with E-state index >= 15 is 0 Å². The van der Waals surface area contributed by atoms with E-state index in [4.69, 9.17) is 0 Å². The Hall–Kier alpha value is -0.850. The summed E-state index contributed by atoms with van der Waals surface area (Å²) in [6.45, 7) is 8.81. The highest BCUT2D eigenvalue weighted by Gasteiger charge is 2.28. The molecule has 0 saturated heterocycles. The summed E-state index contributed by atoms with van der Waals surface area (Å²) in [5.41, 5.74) is 4.36. The van der Waals surface area contributed by atoms with Gasteiger partial charge in [0.15, 0.2) is 0 Å². The second-order valence-electron chi connectivity index (χ2n) is 3.96. The number of hydrogen-bond acceptors (Lipinski definition) is 0. The Balaban J connectivity index is 2.42. The second kappa shape index (κ2) is 3.49. The van der Waals surface area contributed by atoms with Crippen molar-refractivity contribution in [2.24, 2.45) is 0 Å². The van der Waals surface area contributed by atoms with Crippen LogP contribution in [0.1, 0.15) is 32.6 Å². The van der Waals surface area contributed by atoms with Gasteiger partial charge in [-0.25, -0.2) is 4.58 Å². The van der Waals surface area contributed by atoms with Gasteiger partial charge in [0.25, 0.3) is 0 Å². The van der Waals surface area contributed by atoms with Crippen molar-refractivity contribution >= 4 is 5.71 Å². The Kier molecular flexibility index (Phi) is 2.34. The van der Waals surface area contributed by atoms with E-state index in [1.54, 1.807) is 0 Å². The first kappa shape index (κ1) is 8.74. The standard InChI is InChI=1S/C12H18N/c1-3-11-7-5-9-13-8-4-6-10(2)12(11)13/h3H,2,4-9H2,1H3/q+1/b11-3-. The van der Waals surface area contributed by atoms with Gasteiger partial charge in [0.05, 0.1) is 0 Å². The van der Waals surface area contributed by atoms with E-state index in [9.17, 15) is 0 Å². The molecule has 2 rings (SSSR count). The molecule has 0 atom stereocenters. The van der Waals surface area contributed by atoms with Gasteiger partial charge in [-0.3, -0.25) is 0 Å². The third-order valence-corrected chi connectivity index (χ3v) is 3.08. The van der Waals surface area contributed by atoms with Crippen LogP contribution < -0.4 is 0 Å². The highest BCUT2D eigenvalue weighted by atomic mass is 15.0. The van der Waals surface area contributed by atoms with E-state index in [1.165, 1.54) is 55.6 Å². The fourth-order valence-electron chi connectivity index (χ4n) is 2.45. The van der Waals surface area contributed by atoms with Crippen molar-refractivity contribution in [3.63, 3.8) is 0 Å². The molecular weight excluding hydrogens is 158 g/mol. The van der Waals surface area contributed by atoms with E-state index in [2.05, 4.69) is 24.2 Å². The lowest BCUT2D eigenvalue weighted by Gasteiger charge is -2.22. The van der Waals surface area contributed by atoms with E-state index in [0.29, 0.717) is 0 Å². The minimum atomic E-state index is 1.20. The van der Waals surface area contributed by atoms with Crippen molar-refractivity contribution in [2.45, 2.75) is 32.6 Å². The first-order valence-electron chi connectivity index (χ1n) is 5.28. The van der Waals surface area contributed by atoms with Gasteiger partial charge in [0, 0.05) is 24.0 Å². The Morgan fingerprint density at radius 3 is 2.62 bits per heavy atom. The fourth-order valence-corrected chi connectivity index (χ4v) is 2.45. The first-order valence-corrected chi connectivity index (χ1v) is 5.28. The normalized spacial score (nSPS) is 26.5. The molecule has 0 radical (unpaired) electrons. The molecule has 2 aliphatic rings. The van der Waals surface area contributed by atoms with Gasteiger partial charge in [-0.05, 0) is 19.8 Å². The van der Waals surface area contributed by atoms with Crippen LogP contribution in [0.25, 0.3) is 0 Å². The molecule has 0 bridgehead atoms. The minimum Gasteiger partial charge on any atom is -0.229 e. The third-order valence-electron chi connectivity index (χ3n) is 3.08. The van der Waals surface area contributed by atoms with Crippen LogP contribution >= 0.6 is 0 Å². The summed E-state index contributed by atoms with van der Waals surface area (Å²) in [7, 11) is 0. The molecule has 0 N–H and O–H groups in total. The summed E-state index contributed by atoms with van der Waals surface area (Å²) in [6, 6.07) is 0. The van der Waals surface area contributed by atoms with Gasteiger partial charge in [0.2, 0.25) is 5.71 Å². The van der Waals surface area contributed by atoms with Crippen LogP contribution in [0, 0.1) is 0 Å². The largest absolute Gasteiger partial charge is 0.229 e. The zero-order valence-electron chi connectivity index (χ0n) is 8.47. The predicted molar refractivity (Wildman–Crippen MR) is 56.4 cm³/mol. The Bertz CT molecular complexity index is 290. The average molecular weight is 176 g/mol. The first-order chi connectivity index (χ1) is 6.33. The lowest BCUT2D eigenvalue weighted by Crippen LogP contribution is -2.33. The van der Waals surface area contributed by atoms with Crippen molar-refractivity contribution < 1.29 is 4.58 Å². The molecule has 2 heterocycles. The SMILES string of the molecule is C=C1CCC[N+]2=C1/C(=C\C)CCC2. The van der Waals surface area contributed by atoms with Crippen molar-refractivity contribution in [3.05, 3.63) is 23.8 Å². The van der Waals surface area contributed by atoms with E-state index < -0.39 is 0 Å². The zero-order chi connectivity index (χ0) is 9.26. The van der Waals surface area contributed by atoms with Gasteiger partial charge >= 0.3 is 0 Å². The maximum atomic E-state index is 4.18. The van der Waals surface area contributed by atoms with E-state index in [0.717, 1.165) is 0 Å². The maximum absolute atomic E-state index is 4.18. The fraction of sp³-hybridized carbons (Fsp3) is 0.583. The molecule has 0 aromatic carbocycles. The minimum absolute atomic E-state index is 1.20. The summed E-state index contributed by atoms with van der Waals surface area (Å²) >= 11 is 0. The van der Waals surface area contributed by atoms with Crippen LogP contribution in [0.15, 0.2) is 23.8 Å². The summed E-state index contributed by atoms with van der Waals surface area (Å²) in [4.78, 5) is 0. The molecule has 70 valence electrons. The van der Waals surface area contributed by atoms with Gasteiger partial charge in [-0.2, -0.15) is 0 Å². The summed E-state index contributed by atoms with van der Waals surface area (Å²) < 4.78 is 2.52. The summed E-state index contributed by atoms with van der Waals surface area (Å²) in [5, 5.41) is 0. The average Bonchev–Trinajstić information content (AvgIpc) is 2.17. The van der Waals surface area contributed by atoms with Crippen LogP contribution in [-0.2, 0) is 0 Å². The highest BCUT2D eigenvalue weighted by molar-refractivity contribution is 6.09. The number of hydrogen-bond donors (Lipinski definition) is 0. The lowest BCUT2D eigenvalue weighted by molar-refractivity contribution is -0.533. The molecule has 0 aromatic rings. The van der Waals surface area contributed by atoms with Gasteiger partial charge in [-0.1, -0.05) is 12.7 Å². The smallest absolute Gasteiger partial charge is 0.205 e. The van der Waals surface area contributed by atoms with Crippen molar-refractivity contribution in [1.82, 2.24) is 0 Å². The predicted octanol–water partition coefficient (Wildman–Crippen LogP) is 2.53. The van der Waals surface area contributed by atoms with Crippen molar-refractivity contribution in [1.29, 1.82) is 0 Å². The van der Waals surface area contributed by atoms with Crippen molar-refractivity contribution in [2.75, 3.05) is 13.1 Å². The van der Waals surface area contributed by atoms with Gasteiger partial charge in [0.1, 0.15) is 13.1 Å². The third kappa shape index (κ3) is 1.48. The quantitative estimate of drug-likeness (QED) is 0.499. The molecule has 0 aromatic heterocycles. The van der Waals surface area contributed by atoms with Gasteiger partial charge in [-0.15, -0.1) is 0 Å². The summed E-state index contributed by atoms with van der Waals surface area (Å²) in [6.07, 6.45) is 7.32. The molecule has 0 amide bonds. The Morgan fingerprint density at radius 2 is 1.92 bits per heavy atom.